The molecule has 1 unspecified atom stereocenters. The maximum Gasteiger partial charge on any atom is 0.262 e. The fourth-order valence-corrected chi connectivity index (χ4v) is 2.02. The van der Waals surface area contributed by atoms with Crippen LogP contribution in [0.2, 0.25) is 0 Å². The summed E-state index contributed by atoms with van der Waals surface area (Å²) in [7, 11) is 1.61. The highest BCUT2D eigenvalue weighted by Crippen LogP contribution is 2.14. The van der Waals surface area contributed by atoms with Crippen molar-refractivity contribution in [2.45, 2.75) is 19.9 Å². The average Bonchev–Trinajstić information content (AvgIpc) is 2.57. The zero-order valence-corrected chi connectivity index (χ0v) is 13.5. The second kappa shape index (κ2) is 7.98. The van der Waals surface area contributed by atoms with E-state index in [1.54, 1.807) is 20.2 Å². The van der Waals surface area contributed by atoms with E-state index < -0.39 is 6.04 Å². The molecule has 0 saturated heterocycles. The molecule has 0 bridgehead atoms. The fourth-order valence-electron chi connectivity index (χ4n) is 2.02. The number of carbonyl (C=O) groups excluding carboxylic acids is 1. The normalized spacial score (nSPS) is 12.0. The van der Waals surface area contributed by atoms with Gasteiger partial charge in [-0.2, -0.15) is 5.10 Å². The maximum atomic E-state index is 12.1. The number of rotatable bonds is 6. The third-order valence-electron chi connectivity index (χ3n) is 3.39. The lowest BCUT2D eigenvalue weighted by atomic mass is 10.2. The van der Waals surface area contributed by atoms with E-state index in [-0.39, 0.29) is 5.91 Å². The van der Waals surface area contributed by atoms with E-state index in [2.05, 4.69) is 15.8 Å². The zero-order chi connectivity index (χ0) is 16.7. The maximum absolute atomic E-state index is 12.1. The van der Waals surface area contributed by atoms with Crippen molar-refractivity contribution in [2.24, 2.45) is 5.10 Å². The summed E-state index contributed by atoms with van der Waals surface area (Å²) in [5.41, 5.74) is 5.41. The minimum Gasteiger partial charge on any atom is -0.497 e. The number of anilines is 1. The van der Waals surface area contributed by atoms with E-state index in [0.29, 0.717) is 0 Å². The van der Waals surface area contributed by atoms with Gasteiger partial charge in [-0.15, -0.1) is 0 Å². The summed E-state index contributed by atoms with van der Waals surface area (Å²) in [4.78, 5) is 12.1. The van der Waals surface area contributed by atoms with E-state index in [1.165, 1.54) is 0 Å². The lowest BCUT2D eigenvalue weighted by molar-refractivity contribution is -0.121. The van der Waals surface area contributed by atoms with Crippen LogP contribution in [0.1, 0.15) is 18.1 Å². The van der Waals surface area contributed by atoms with Crippen LogP contribution in [0.3, 0.4) is 0 Å². The van der Waals surface area contributed by atoms with Gasteiger partial charge in [0.05, 0.1) is 13.3 Å². The average molecular weight is 311 g/mol. The molecule has 2 aromatic rings. The number of hydrogen-bond donors (Lipinski definition) is 2. The predicted octanol–water partition coefficient (Wildman–Crippen LogP) is 2.95. The molecule has 0 saturated carbocycles. The number of hydrazone groups is 1. The SMILES string of the molecule is COc1cccc(/C=N/NC(=O)C(C)Nc2ccccc2C)c1. The Morgan fingerprint density at radius 2 is 2.00 bits per heavy atom. The first kappa shape index (κ1) is 16.5. The third kappa shape index (κ3) is 4.85. The third-order valence-corrected chi connectivity index (χ3v) is 3.39. The Balaban J connectivity index is 1.91. The summed E-state index contributed by atoms with van der Waals surface area (Å²) in [5.74, 6) is 0.544. The fraction of sp³-hybridized carbons (Fsp3) is 0.222. The highest BCUT2D eigenvalue weighted by Gasteiger charge is 2.12. The molecular weight excluding hydrogens is 290 g/mol. The topological polar surface area (TPSA) is 62.7 Å². The Labute approximate surface area is 136 Å². The van der Waals surface area contributed by atoms with Gasteiger partial charge in [0.15, 0.2) is 0 Å². The van der Waals surface area contributed by atoms with Crippen LogP contribution in [-0.4, -0.2) is 25.3 Å². The quantitative estimate of drug-likeness (QED) is 0.637. The number of nitrogens with one attached hydrogen (secondary N) is 2. The van der Waals surface area contributed by atoms with Crippen molar-refractivity contribution in [3.63, 3.8) is 0 Å². The summed E-state index contributed by atoms with van der Waals surface area (Å²) in [6, 6.07) is 14.9. The molecule has 2 N–H and O–H groups in total. The highest BCUT2D eigenvalue weighted by atomic mass is 16.5. The largest absolute Gasteiger partial charge is 0.497 e. The molecule has 0 fully saturated rings. The number of benzene rings is 2. The summed E-state index contributed by atoms with van der Waals surface area (Å²) in [5, 5.41) is 7.15. The van der Waals surface area contributed by atoms with Crippen molar-refractivity contribution in [2.75, 3.05) is 12.4 Å². The van der Waals surface area contributed by atoms with Crippen molar-refractivity contribution in [1.82, 2.24) is 5.43 Å². The second-order valence-electron chi connectivity index (χ2n) is 5.19. The van der Waals surface area contributed by atoms with Crippen LogP contribution >= 0.6 is 0 Å². The predicted molar refractivity (Wildman–Crippen MR) is 93.0 cm³/mol. The summed E-state index contributed by atoms with van der Waals surface area (Å²) in [6.45, 7) is 3.79. The van der Waals surface area contributed by atoms with Gasteiger partial charge in [0.2, 0.25) is 0 Å². The molecular formula is C18H21N3O2. The zero-order valence-electron chi connectivity index (χ0n) is 13.5. The molecule has 0 heterocycles. The summed E-state index contributed by atoms with van der Waals surface area (Å²) < 4.78 is 5.14. The molecule has 2 aromatic carbocycles. The van der Waals surface area contributed by atoms with Gasteiger partial charge < -0.3 is 10.1 Å². The molecule has 0 aliphatic heterocycles. The van der Waals surface area contributed by atoms with E-state index in [9.17, 15) is 4.79 Å². The first-order valence-corrected chi connectivity index (χ1v) is 7.39. The van der Waals surface area contributed by atoms with E-state index in [4.69, 9.17) is 4.74 Å². The molecule has 0 radical (unpaired) electrons. The van der Waals surface area contributed by atoms with Crippen LogP contribution in [0.25, 0.3) is 0 Å². The second-order valence-corrected chi connectivity index (χ2v) is 5.19. The van der Waals surface area contributed by atoms with Crippen LogP contribution < -0.4 is 15.5 Å². The first-order chi connectivity index (χ1) is 11.1. The standard InChI is InChI=1S/C18H21N3O2/c1-13-7-4-5-10-17(13)20-14(2)18(22)21-19-12-15-8-6-9-16(11-15)23-3/h4-12,14,20H,1-3H3,(H,21,22)/b19-12+. The molecule has 5 heteroatoms. The molecule has 23 heavy (non-hydrogen) atoms. The molecule has 120 valence electrons. The number of amides is 1. The van der Waals surface area contributed by atoms with Gasteiger partial charge >= 0.3 is 0 Å². The van der Waals surface area contributed by atoms with Crippen LogP contribution in [0.15, 0.2) is 53.6 Å². The van der Waals surface area contributed by atoms with Gasteiger partial charge in [-0.1, -0.05) is 30.3 Å². The van der Waals surface area contributed by atoms with Crippen LogP contribution in [0.4, 0.5) is 5.69 Å². The van der Waals surface area contributed by atoms with Gasteiger partial charge in [0, 0.05) is 5.69 Å². The van der Waals surface area contributed by atoms with Crippen molar-refractivity contribution in [3.8, 4) is 5.75 Å². The minimum atomic E-state index is -0.390. The van der Waals surface area contributed by atoms with Gasteiger partial charge in [0.1, 0.15) is 11.8 Å². The molecule has 5 nitrogen and oxygen atoms in total. The number of para-hydroxylation sites is 1. The van der Waals surface area contributed by atoms with Gasteiger partial charge in [-0.3, -0.25) is 4.79 Å². The minimum absolute atomic E-state index is 0.201. The van der Waals surface area contributed by atoms with E-state index in [0.717, 1.165) is 22.6 Å². The summed E-state index contributed by atoms with van der Waals surface area (Å²) >= 11 is 0. The lowest BCUT2D eigenvalue weighted by Gasteiger charge is -2.15. The van der Waals surface area contributed by atoms with Gasteiger partial charge in [0.25, 0.3) is 5.91 Å². The highest BCUT2D eigenvalue weighted by molar-refractivity contribution is 5.86. The van der Waals surface area contributed by atoms with Crippen molar-refractivity contribution < 1.29 is 9.53 Å². The van der Waals surface area contributed by atoms with Crippen LogP contribution in [-0.2, 0) is 4.79 Å². The molecule has 2 rings (SSSR count). The number of hydrogen-bond acceptors (Lipinski definition) is 4. The Morgan fingerprint density at radius 1 is 1.22 bits per heavy atom. The summed E-state index contributed by atoms with van der Waals surface area (Å²) in [6.07, 6.45) is 1.58. The van der Waals surface area contributed by atoms with Crippen LogP contribution in [0, 0.1) is 6.92 Å². The Hall–Kier alpha value is -2.82. The van der Waals surface area contributed by atoms with E-state index in [1.807, 2.05) is 55.5 Å². The monoisotopic (exact) mass is 311 g/mol. The van der Waals surface area contributed by atoms with Crippen molar-refractivity contribution in [1.29, 1.82) is 0 Å². The van der Waals surface area contributed by atoms with Crippen molar-refractivity contribution in [3.05, 3.63) is 59.7 Å². The Kier molecular flexibility index (Phi) is 5.74. The Morgan fingerprint density at radius 3 is 2.74 bits per heavy atom. The number of ether oxygens (including phenoxy) is 1. The number of aryl methyl sites for hydroxylation is 1. The molecule has 1 amide bonds. The lowest BCUT2D eigenvalue weighted by Crippen LogP contribution is -2.35. The number of nitrogens with zero attached hydrogens (tertiary/aromatic N) is 1. The molecule has 0 aromatic heterocycles. The van der Waals surface area contributed by atoms with Crippen molar-refractivity contribution >= 4 is 17.8 Å². The first-order valence-electron chi connectivity index (χ1n) is 7.39. The Bertz CT molecular complexity index is 698. The van der Waals surface area contributed by atoms with E-state index >= 15 is 0 Å². The van der Waals surface area contributed by atoms with Gasteiger partial charge in [-0.25, -0.2) is 5.43 Å². The molecule has 0 spiro atoms. The van der Waals surface area contributed by atoms with Gasteiger partial charge in [-0.05, 0) is 43.2 Å². The molecule has 0 aliphatic rings. The smallest absolute Gasteiger partial charge is 0.262 e. The molecule has 0 aliphatic carbocycles. The van der Waals surface area contributed by atoms with Crippen LogP contribution in [0.5, 0.6) is 5.75 Å². The number of methoxy groups -OCH3 is 1. The number of carbonyl (C=O) groups is 1. The molecule has 1 atom stereocenters.